The van der Waals surface area contributed by atoms with Gasteiger partial charge in [0.15, 0.2) is 0 Å². The third-order valence-electron chi connectivity index (χ3n) is 3.80. The lowest BCUT2D eigenvalue weighted by Gasteiger charge is -2.39. The van der Waals surface area contributed by atoms with Crippen LogP contribution < -0.4 is 5.32 Å². The Hall–Kier alpha value is -0.860. The molecule has 2 heteroatoms. The molecule has 0 spiro atoms. The van der Waals surface area contributed by atoms with Gasteiger partial charge in [-0.3, -0.25) is 4.90 Å². The van der Waals surface area contributed by atoms with Crippen molar-refractivity contribution in [2.75, 3.05) is 19.6 Å². The molecule has 0 aromatic heterocycles. The van der Waals surface area contributed by atoms with E-state index in [1.54, 1.807) is 0 Å². The van der Waals surface area contributed by atoms with Crippen LogP contribution >= 0.6 is 0 Å². The van der Waals surface area contributed by atoms with Crippen molar-refractivity contribution in [3.8, 4) is 0 Å². The van der Waals surface area contributed by atoms with Gasteiger partial charge in [-0.25, -0.2) is 0 Å². The first-order valence-electron chi connectivity index (χ1n) is 6.67. The van der Waals surface area contributed by atoms with Crippen LogP contribution in [0.5, 0.6) is 0 Å². The summed E-state index contributed by atoms with van der Waals surface area (Å²) in [5.74, 6) is 0.715. The molecule has 1 aromatic carbocycles. The Labute approximate surface area is 105 Å². The third-order valence-corrected chi connectivity index (χ3v) is 3.80. The Kier molecular flexibility index (Phi) is 4.19. The lowest BCUT2D eigenvalue weighted by atomic mass is 9.99. The first-order chi connectivity index (χ1) is 8.18. The molecule has 0 aliphatic carbocycles. The molecule has 1 heterocycles. The maximum Gasteiger partial charge on any atom is 0.0247 e. The second-order valence-electron chi connectivity index (χ2n) is 5.41. The molecular weight excluding hydrogens is 208 g/mol. The van der Waals surface area contributed by atoms with Crippen molar-refractivity contribution in [2.45, 2.75) is 33.4 Å². The van der Waals surface area contributed by atoms with E-state index in [1.165, 1.54) is 11.1 Å². The van der Waals surface area contributed by atoms with Gasteiger partial charge >= 0.3 is 0 Å². The van der Waals surface area contributed by atoms with Crippen LogP contribution in [-0.4, -0.2) is 30.6 Å². The zero-order valence-corrected chi connectivity index (χ0v) is 11.2. The average Bonchev–Trinajstić information content (AvgIpc) is 2.32. The summed E-state index contributed by atoms with van der Waals surface area (Å²) in [5.41, 5.74) is 2.88. The lowest BCUT2D eigenvalue weighted by molar-refractivity contribution is 0.117. The van der Waals surface area contributed by atoms with Crippen LogP contribution in [0.25, 0.3) is 0 Å². The van der Waals surface area contributed by atoms with Gasteiger partial charge in [0.05, 0.1) is 0 Å². The Morgan fingerprint density at radius 2 is 2.12 bits per heavy atom. The normalized spacial score (nSPS) is 22.0. The molecule has 1 saturated heterocycles. The van der Waals surface area contributed by atoms with E-state index < -0.39 is 0 Å². The summed E-state index contributed by atoms with van der Waals surface area (Å²) >= 11 is 0. The highest BCUT2D eigenvalue weighted by molar-refractivity contribution is 5.25. The standard InChI is InChI=1S/C15H24N2/c1-12(2)15-10-16-8-9-17(15)11-14-7-5-4-6-13(14)3/h4-7,12,15-16H,8-11H2,1-3H3. The highest BCUT2D eigenvalue weighted by Gasteiger charge is 2.24. The van der Waals surface area contributed by atoms with Gasteiger partial charge in [-0.2, -0.15) is 0 Å². The summed E-state index contributed by atoms with van der Waals surface area (Å²) in [6.07, 6.45) is 0. The van der Waals surface area contributed by atoms with Crippen molar-refractivity contribution < 1.29 is 0 Å². The van der Waals surface area contributed by atoms with E-state index in [9.17, 15) is 0 Å². The number of nitrogens with zero attached hydrogens (tertiary/aromatic N) is 1. The van der Waals surface area contributed by atoms with Crippen LogP contribution in [0.2, 0.25) is 0 Å². The molecule has 2 rings (SSSR count). The third kappa shape index (κ3) is 3.08. The summed E-state index contributed by atoms with van der Waals surface area (Å²) < 4.78 is 0. The number of rotatable bonds is 3. The number of aryl methyl sites for hydroxylation is 1. The molecule has 1 fully saturated rings. The Bertz CT molecular complexity index is 360. The molecule has 0 radical (unpaired) electrons. The van der Waals surface area contributed by atoms with Gasteiger partial charge in [0.25, 0.3) is 0 Å². The Balaban J connectivity index is 2.08. The smallest absolute Gasteiger partial charge is 0.0247 e. The van der Waals surface area contributed by atoms with E-state index in [4.69, 9.17) is 0 Å². The first-order valence-corrected chi connectivity index (χ1v) is 6.67. The zero-order chi connectivity index (χ0) is 12.3. The number of benzene rings is 1. The van der Waals surface area contributed by atoms with E-state index in [0.717, 1.165) is 26.2 Å². The summed E-state index contributed by atoms with van der Waals surface area (Å²) in [6, 6.07) is 9.41. The van der Waals surface area contributed by atoms with Crippen LogP contribution in [-0.2, 0) is 6.54 Å². The molecule has 1 aromatic rings. The van der Waals surface area contributed by atoms with Gasteiger partial charge in [0, 0.05) is 32.2 Å². The summed E-state index contributed by atoms with van der Waals surface area (Å²) in [5, 5.41) is 3.50. The first kappa shape index (κ1) is 12.6. The molecule has 2 nitrogen and oxygen atoms in total. The van der Waals surface area contributed by atoms with Crippen molar-refractivity contribution in [3.05, 3.63) is 35.4 Å². The van der Waals surface area contributed by atoms with Gasteiger partial charge in [-0.1, -0.05) is 38.1 Å². The summed E-state index contributed by atoms with van der Waals surface area (Å²) in [4.78, 5) is 2.63. The molecule has 1 aliphatic heterocycles. The maximum atomic E-state index is 3.50. The zero-order valence-electron chi connectivity index (χ0n) is 11.2. The molecule has 1 aliphatic rings. The van der Waals surface area contributed by atoms with E-state index in [2.05, 4.69) is 55.3 Å². The summed E-state index contributed by atoms with van der Waals surface area (Å²) in [7, 11) is 0. The van der Waals surface area contributed by atoms with Gasteiger partial charge in [-0.05, 0) is 24.0 Å². The predicted octanol–water partition coefficient (Wildman–Crippen LogP) is 2.42. The highest BCUT2D eigenvalue weighted by Crippen LogP contribution is 2.18. The minimum atomic E-state index is 0.670. The molecule has 0 saturated carbocycles. The van der Waals surface area contributed by atoms with E-state index in [-0.39, 0.29) is 0 Å². The largest absolute Gasteiger partial charge is 0.314 e. The predicted molar refractivity (Wildman–Crippen MR) is 73.1 cm³/mol. The molecule has 0 amide bonds. The van der Waals surface area contributed by atoms with E-state index >= 15 is 0 Å². The monoisotopic (exact) mass is 232 g/mol. The van der Waals surface area contributed by atoms with E-state index in [0.29, 0.717) is 12.0 Å². The number of hydrogen-bond donors (Lipinski definition) is 1. The average molecular weight is 232 g/mol. The fourth-order valence-corrected chi connectivity index (χ4v) is 2.63. The fourth-order valence-electron chi connectivity index (χ4n) is 2.63. The number of nitrogens with one attached hydrogen (secondary N) is 1. The molecular formula is C15H24N2. The minimum absolute atomic E-state index is 0.670. The quantitative estimate of drug-likeness (QED) is 0.861. The van der Waals surface area contributed by atoms with Crippen molar-refractivity contribution in [1.82, 2.24) is 10.2 Å². The second-order valence-corrected chi connectivity index (χ2v) is 5.41. The molecule has 0 bridgehead atoms. The minimum Gasteiger partial charge on any atom is -0.314 e. The van der Waals surface area contributed by atoms with Crippen molar-refractivity contribution in [1.29, 1.82) is 0 Å². The van der Waals surface area contributed by atoms with Crippen molar-refractivity contribution in [2.24, 2.45) is 5.92 Å². The highest BCUT2D eigenvalue weighted by atomic mass is 15.2. The number of piperazine rings is 1. The SMILES string of the molecule is Cc1ccccc1CN1CCNCC1C(C)C. The molecule has 1 N–H and O–H groups in total. The Morgan fingerprint density at radius 1 is 1.35 bits per heavy atom. The summed E-state index contributed by atoms with van der Waals surface area (Å²) in [6.45, 7) is 11.4. The van der Waals surface area contributed by atoms with Gasteiger partial charge in [0.2, 0.25) is 0 Å². The van der Waals surface area contributed by atoms with Crippen LogP contribution in [0.4, 0.5) is 0 Å². The number of hydrogen-bond acceptors (Lipinski definition) is 2. The van der Waals surface area contributed by atoms with Gasteiger partial charge in [0.1, 0.15) is 0 Å². The topological polar surface area (TPSA) is 15.3 Å². The van der Waals surface area contributed by atoms with Gasteiger partial charge < -0.3 is 5.32 Å². The maximum absolute atomic E-state index is 3.50. The van der Waals surface area contributed by atoms with Crippen LogP contribution in [0.1, 0.15) is 25.0 Å². The molecule has 1 atom stereocenters. The van der Waals surface area contributed by atoms with Crippen LogP contribution in [0.15, 0.2) is 24.3 Å². The van der Waals surface area contributed by atoms with Gasteiger partial charge in [-0.15, -0.1) is 0 Å². The van der Waals surface area contributed by atoms with Crippen molar-refractivity contribution >= 4 is 0 Å². The molecule has 1 unspecified atom stereocenters. The molecule has 94 valence electrons. The fraction of sp³-hybridized carbons (Fsp3) is 0.600. The Morgan fingerprint density at radius 3 is 2.82 bits per heavy atom. The second kappa shape index (κ2) is 5.65. The van der Waals surface area contributed by atoms with E-state index in [1.807, 2.05) is 0 Å². The van der Waals surface area contributed by atoms with Crippen molar-refractivity contribution in [3.63, 3.8) is 0 Å². The van der Waals surface area contributed by atoms with Crippen LogP contribution in [0.3, 0.4) is 0 Å². The molecule has 17 heavy (non-hydrogen) atoms. The lowest BCUT2D eigenvalue weighted by Crippen LogP contribution is -2.53. The van der Waals surface area contributed by atoms with Crippen LogP contribution in [0, 0.1) is 12.8 Å².